The Labute approximate surface area is 155 Å². The van der Waals surface area contributed by atoms with Gasteiger partial charge in [-0.1, -0.05) is 18.2 Å². The molecule has 8 heteroatoms. The van der Waals surface area contributed by atoms with Crippen molar-refractivity contribution in [2.75, 3.05) is 0 Å². The Morgan fingerprint density at radius 2 is 2.07 bits per heavy atom. The van der Waals surface area contributed by atoms with Crippen LogP contribution in [0.4, 0.5) is 0 Å². The Balaban J connectivity index is 1.56. The van der Waals surface area contributed by atoms with Crippen molar-refractivity contribution in [1.29, 1.82) is 0 Å². The van der Waals surface area contributed by atoms with E-state index in [0.717, 1.165) is 11.3 Å². The average molecular weight is 362 g/mol. The van der Waals surface area contributed by atoms with E-state index in [2.05, 4.69) is 15.1 Å². The first-order valence-electron chi connectivity index (χ1n) is 8.56. The number of primary amides is 1. The molecule has 0 aliphatic carbocycles. The Hall–Kier alpha value is -3.68. The van der Waals surface area contributed by atoms with E-state index in [0.29, 0.717) is 36.8 Å². The molecule has 0 atom stereocenters. The quantitative estimate of drug-likeness (QED) is 0.544. The number of hydrogen-bond acceptors (Lipinski definition) is 5. The number of oxazole rings is 1. The molecule has 4 rings (SSSR count). The Bertz CT molecular complexity index is 1050. The minimum absolute atomic E-state index is 0.306. The number of imidazole rings is 1. The van der Waals surface area contributed by atoms with Crippen LogP contribution >= 0.6 is 0 Å². The molecule has 1 aromatic carbocycles. The van der Waals surface area contributed by atoms with E-state index >= 15 is 0 Å². The predicted octanol–water partition coefficient (Wildman–Crippen LogP) is 2.66. The third-order valence-electron chi connectivity index (χ3n) is 4.10. The van der Waals surface area contributed by atoms with E-state index in [9.17, 15) is 4.79 Å². The first kappa shape index (κ1) is 16.8. The van der Waals surface area contributed by atoms with Crippen LogP contribution in [0.2, 0.25) is 0 Å². The predicted molar refractivity (Wildman–Crippen MR) is 98.7 cm³/mol. The highest BCUT2D eigenvalue weighted by Gasteiger charge is 2.15. The smallest absolute Gasteiger partial charge is 0.226 e. The first-order chi connectivity index (χ1) is 13.2. The number of benzene rings is 1. The zero-order chi connectivity index (χ0) is 18.6. The van der Waals surface area contributed by atoms with Crippen molar-refractivity contribution in [3.63, 3.8) is 0 Å². The van der Waals surface area contributed by atoms with Gasteiger partial charge in [-0.25, -0.2) is 9.97 Å². The molecule has 27 heavy (non-hydrogen) atoms. The van der Waals surface area contributed by atoms with Crippen LogP contribution in [-0.4, -0.2) is 30.2 Å². The number of hydrogen-bond donors (Lipinski definition) is 1. The Kier molecular flexibility index (Phi) is 4.52. The number of rotatable bonds is 7. The standard InChI is InChI=1S/C19H18N6O2/c20-17(26)7-4-9-24-12-15(11-22-24)25-10-8-21-18(25)16-13-27-19(23-16)14-5-2-1-3-6-14/h1-3,5-6,8,10-13H,4,7,9H2,(H2,20,26). The Morgan fingerprint density at radius 1 is 1.22 bits per heavy atom. The monoisotopic (exact) mass is 362 g/mol. The van der Waals surface area contributed by atoms with Crippen LogP contribution in [0, 0.1) is 0 Å². The topological polar surface area (TPSA) is 105 Å². The van der Waals surface area contributed by atoms with Gasteiger partial charge in [0.25, 0.3) is 0 Å². The molecule has 3 aromatic heterocycles. The molecule has 0 spiro atoms. The second-order valence-corrected chi connectivity index (χ2v) is 6.06. The molecule has 8 nitrogen and oxygen atoms in total. The van der Waals surface area contributed by atoms with Crippen LogP contribution in [0.1, 0.15) is 12.8 Å². The zero-order valence-corrected chi connectivity index (χ0v) is 14.5. The van der Waals surface area contributed by atoms with Gasteiger partial charge in [-0.3, -0.25) is 14.0 Å². The molecule has 1 amide bonds. The van der Waals surface area contributed by atoms with Crippen molar-refractivity contribution < 1.29 is 9.21 Å². The largest absolute Gasteiger partial charge is 0.444 e. The lowest BCUT2D eigenvalue weighted by Crippen LogP contribution is -2.11. The van der Waals surface area contributed by atoms with Crippen molar-refractivity contribution in [2.45, 2.75) is 19.4 Å². The molecule has 0 aliphatic rings. The van der Waals surface area contributed by atoms with Gasteiger partial charge in [0.2, 0.25) is 11.8 Å². The van der Waals surface area contributed by atoms with Gasteiger partial charge in [0.05, 0.1) is 11.9 Å². The van der Waals surface area contributed by atoms with Crippen molar-refractivity contribution in [3.05, 3.63) is 61.4 Å². The summed E-state index contributed by atoms with van der Waals surface area (Å²) in [6, 6.07) is 9.71. The SMILES string of the molecule is NC(=O)CCCn1cc(-n2ccnc2-c2coc(-c3ccccc3)n2)cn1. The van der Waals surface area contributed by atoms with Crippen LogP contribution in [-0.2, 0) is 11.3 Å². The van der Waals surface area contributed by atoms with Gasteiger partial charge in [-0.2, -0.15) is 5.10 Å². The van der Waals surface area contributed by atoms with Gasteiger partial charge < -0.3 is 10.2 Å². The van der Waals surface area contributed by atoms with Gasteiger partial charge in [-0.15, -0.1) is 0 Å². The van der Waals surface area contributed by atoms with E-state index in [4.69, 9.17) is 10.2 Å². The number of aryl methyl sites for hydroxylation is 1. The highest BCUT2D eigenvalue weighted by atomic mass is 16.3. The fourth-order valence-corrected chi connectivity index (χ4v) is 2.81. The van der Waals surface area contributed by atoms with Crippen molar-refractivity contribution in [3.8, 4) is 28.7 Å². The minimum atomic E-state index is -0.306. The summed E-state index contributed by atoms with van der Waals surface area (Å²) in [5, 5.41) is 4.33. The van der Waals surface area contributed by atoms with Crippen molar-refractivity contribution in [1.82, 2.24) is 24.3 Å². The van der Waals surface area contributed by atoms with Crippen molar-refractivity contribution in [2.24, 2.45) is 5.73 Å². The maximum absolute atomic E-state index is 10.9. The van der Waals surface area contributed by atoms with Gasteiger partial charge in [0, 0.05) is 37.1 Å². The molecule has 0 saturated carbocycles. The summed E-state index contributed by atoms with van der Waals surface area (Å²) in [4.78, 5) is 19.8. The molecule has 136 valence electrons. The normalized spacial score (nSPS) is 11.0. The maximum Gasteiger partial charge on any atom is 0.226 e. The summed E-state index contributed by atoms with van der Waals surface area (Å²) in [5.41, 5.74) is 7.57. The van der Waals surface area contributed by atoms with Crippen molar-refractivity contribution >= 4 is 5.91 Å². The van der Waals surface area contributed by atoms with E-state index in [1.165, 1.54) is 0 Å². The lowest BCUT2D eigenvalue weighted by Gasteiger charge is -2.02. The molecule has 0 aliphatic heterocycles. The van der Waals surface area contributed by atoms with Crippen LogP contribution in [0.3, 0.4) is 0 Å². The number of nitrogens with two attached hydrogens (primary N) is 1. The molecule has 0 fully saturated rings. The third kappa shape index (κ3) is 3.64. The fraction of sp³-hybridized carbons (Fsp3) is 0.158. The zero-order valence-electron chi connectivity index (χ0n) is 14.5. The Morgan fingerprint density at radius 3 is 2.89 bits per heavy atom. The minimum Gasteiger partial charge on any atom is -0.444 e. The van der Waals surface area contributed by atoms with Gasteiger partial charge in [-0.05, 0) is 18.6 Å². The summed E-state index contributed by atoms with van der Waals surface area (Å²) in [6.45, 7) is 0.620. The molecule has 0 unspecified atom stereocenters. The summed E-state index contributed by atoms with van der Waals surface area (Å²) in [5.74, 6) is 0.902. The first-order valence-corrected chi connectivity index (χ1v) is 8.56. The van der Waals surface area contributed by atoms with Crippen LogP contribution in [0.5, 0.6) is 0 Å². The summed E-state index contributed by atoms with van der Waals surface area (Å²) in [7, 11) is 0. The molecular formula is C19H18N6O2. The lowest BCUT2D eigenvalue weighted by atomic mass is 10.2. The van der Waals surface area contributed by atoms with E-state index in [1.54, 1.807) is 23.3 Å². The second-order valence-electron chi connectivity index (χ2n) is 6.06. The average Bonchev–Trinajstić information content (AvgIpc) is 3.41. The number of amides is 1. The third-order valence-corrected chi connectivity index (χ3v) is 4.10. The number of aromatic nitrogens is 5. The van der Waals surface area contributed by atoms with E-state index in [1.807, 2.05) is 47.3 Å². The van der Waals surface area contributed by atoms with Gasteiger partial charge in [0.1, 0.15) is 12.0 Å². The number of carbonyl (C=O) groups excluding carboxylic acids is 1. The van der Waals surface area contributed by atoms with Crippen LogP contribution < -0.4 is 5.73 Å². The summed E-state index contributed by atoms with van der Waals surface area (Å²) < 4.78 is 9.29. The number of carbonyl (C=O) groups is 1. The molecule has 4 aromatic rings. The number of nitrogens with zero attached hydrogens (tertiary/aromatic N) is 5. The van der Waals surface area contributed by atoms with Crippen LogP contribution in [0.15, 0.2) is 65.8 Å². The highest BCUT2D eigenvalue weighted by Crippen LogP contribution is 2.25. The van der Waals surface area contributed by atoms with Gasteiger partial charge >= 0.3 is 0 Å². The molecule has 0 bridgehead atoms. The summed E-state index contributed by atoms with van der Waals surface area (Å²) >= 11 is 0. The molecule has 0 radical (unpaired) electrons. The molecule has 0 saturated heterocycles. The fourth-order valence-electron chi connectivity index (χ4n) is 2.81. The molecule has 3 heterocycles. The highest BCUT2D eigenvalue weighted by molar-refractivity contribution is 5.73. The summed E-state index contributed by atoms with van der Waals surface area (Å²) in [6.07, 6.45) is 9.77. The molecule has 2 N–H and O–H groups in total. The van der Waals surface area contributed by atoms with Crippen LogP contribution in [0.25, 0.3) is 28.7 Å². The van der Waals surface area contributed by atoms with Gasteiger partial charge in [0.15, 0.2) is 5.82 Å². The maximum atomic E-state index is 10.9. The van der Waals surface area contributed by atoms with E-state index in [-0.39, 0.29) is 5.91 Å². The molecular weight excluding hydrogens is 344 g/mol. The lowest BCUT2D eigenvalue weighted by molar-refractivity contribution is -0.118. The van der Waals surface area contributed by atoms with E-state index < -0.39 is 0 Å². The second kappa shape index (κ2) is 7.28.